The molecule has 0 spiro atoms. The van der Waals surface area contributed by atoms with E-state index < -0.39 is 0 Å². The van der Waals surface area contributed by atoms with Crippen LogP contribution >= 0.6 is 0 Å². The summed E-state index contributed by atoms with van der Waals surface area (Å²) in [6, 6.07) is 12.3. The number of benzene rings is 2. The summed E-state index contributed by atoms with van der Waals surface area (Å²) < 4.78 is 11.0. The first-order valence-corrected chi connectivity index (χ1v) is 8.43. The van der Waals surface area contributed by atoms with E-state index in [0.29, 0.717) is 17.0 Å². The van der Waals surface area contributed by atoms with Gasteiger partial charge >= 0.3 is 0 Å². The summed E-state index contributed by atoms with van der Waals surface area (Å²) in [6.45, 7) is 7.62. The molecule has 5 nitrogen and oxygen atoms in total. The van der Waals surface area contributed by atoms with Crippen molar-refractivity contribution in [2.24, 2.45) is 0 Å². The first-order valence-electron chi connectivity index (χ1n) is 8.43. The van der Waals surface area contributed by atoms with Crippen molar-refractivity contribution in [3.8, 4) is 11.5 Å². The molecule has 0 saturated heterocycles. The van der Waals surface area contributed by atoms with Gasteiger partial charge in [-0.15, -0.1) is 0 Å². The fourth-order valence-corrected chi connectivity index (χ4v) is 2.48. The van der Waals surface area contributed by atoms with Crippen molar-refractivity contribution in [3.63, 3.8) is 0 Å². The van der Waals surface area contributed by atoms with E-state index in [1.54, 1.807) is 31.4 Å². The lowest BCUT2D eigenvalue weighted by Gasteiger charge is -2.23. The summed E-state index contributed by atoms with van der Waals surface area (Å²) in [7, 11) is 1.62. The van der Waals surface area contributed by atoms with Gasteiger partial charge in [0.25, 0.3) is 5.91 Å². The molecule has 1 amide bonds. The zero-order chi connectivity index (χ0) is 19.3. The number of amides is 1. The van der Waals surface area contributed by atoms with Crippen molar-refractivity contribution < 1.29 is 19.1 Å². The van der Waals surface area contributed by atoms with Crippen molar-refractivity contribution >= 4 is 17.4 Å². The number of Topliss-reactive ketones (excluding diaryl/α,β-unsaturated/α-hetero) is 1. The van der Waals surface area contributed by atoms with Gasteiger partial charge in [0, 0.05) is 16.8 Å². The Morgan fingerprint density at radius 3 is 2.23 bits per heavy atom. The van der Waals surface area contributed by atoms with E-state index in [-0.39, 0.29) is 23.7 Å². The molecule has 0 aliphatic heterocycles. The van der Waals surface area contributed by atoms with Crippen molar-refractivity contribution in [2.45, 2.75) is 33.1 Å². The van der Waals surface area contributed by atoms with Gasteiger partial charge in [-0.1, -0.05) is 20.8 Å². The molecule has 2 rings (SSSR count). The first-order chi connectivity index (χ1) is 12.2. The molecule has 5 heteroatoms. The minimum absolute atomic E-state index is 0.0135. The van der Waals surface area contributed by atoms with Crippen molar-refractivity contribution in [2.75, 3.05) is 19.0 Å². The third-order valence-corrected chi connectivity index (χ3v) is 3.93. The molecule has 0 radical (unpaired) electrons. The van der Waals surface area contributed by atoms with Crippen LogP contribution < -0.4 is 14.8 Å². The van der Waals surface area contributed by atoms with Crippen LogP contribution in [0.5, 0.6) is 11.5 Å². The lowest BCUT2D eigenvalue weighted by molar-refractivity contribution is -0.118. The zero-order valence-corrected chi connectivity index (χ0v) is 15.9. The number of anilines is 1. The van der Waals surface area contributed by atoms with Crippen LogP contribution in [0.2, 0.25) is 0 Å². The molecule has 0 aromatic heterocycles. The summed E-state index contributed by atoms with van der Waals surface area (Å²) in [6.07, 6.45) is 0. The highest BCUT2D eigenvalue weighted by Crippen LogP contribution is 2.34. The van der Waals surface area contributed by atoms with Crippen LogP contribution in [-0.4, -0.2) is 25.4 Å². The molecular weight excluding hydrogens is 330 g/mol. The maximum absolute atomic E-state index is 12.2. The largest absolute Gasteiger partial charge is 0.497 e. The molecule has 0 saturated carbocycles. The summed E-state index contributed by atoms with van der Waals surface area (Å²) in [5.41, 5.74) is 2.04. The summed E-state index contributed by atoms with van der Waals surface area (Å²) in [4.78, 5) is 23.4. The summed E-state index contributed by atoms with van der Waals surface area (Å²) >= 11 is 0. The highest BCUT2D eigenvalue weighted by molar-refractivity contribution is 5.95. The number of nitrogens with one attached hydrogen (secondary N) is 1. The topological polar surface area (TPSA) is 64.6 Å². The second-order valence-electron chi connectivity index (χ2n) is 7.08. The van der Waals surface area contributed by atoms with Crippen LogP contribution in [0.4, 0.5) is 5.69 Å². The lowest BCUT2D eigenvalue weighted by Crippen LogP contribution is -2.22. The Bertz CT molecular complexity index is 789. The number of ketones is 1. The SMILES string of the molecule is COc1ccc(OCC(=O)Nc2ccc(C(C)=O)cc2)c(C(C)(C)C)c1. The fourth-order valence-electron chi connectivity index (χ4n) is 2.48. The number of hydrogen-bond donors (Lipinski definition) is 1. The Hall–Kier alpha value is -2.82. The van der Waals surface area contributed by atoms with Gasteiger partial charge in [-0.2, -0.15) is 0 Å². The predicted molar refractivity (Wildman–Crippen MR) is 102 cm³/mol. The molecular formula is C21H25NO4. The monoisotopic (exact) mass is 355 g/mol. The van der Waals surface area contributed by atoms with Crippen molar-refractivity contribution in [3.05, 3.63) is 53.6 Å². The van der Waals surface area contributed by atoms with Gasteiger partial charge in [0.2, 0.25) is 0 Å². The Labute approximate surface area is 154 Å². The highest BCUT2D eigenvalue weighted by Gasteiger charge is 2.20. The van der Waals surface area contributed by atoms with E-state index in [9.17, 15) is 9.59 Å². The van der Waals surface area contributed by atoms with E-state index >= 15 is 0 Å². The van der Waals surface area contributed by atoms with Crippen LogP contribution in [0.15, 0.2) is 42.5 Å². The van der Waals surface area contributed by atoms with Crippen LogP contribution in [0.3, 0.4) is 0 Å². The molecule has 0 unspecified atom stereocenters. The highest BCUT2D eigenvalue weighted by atomic mass is 16.5. The van der Waals surface area contributed by atoms with Gasteiger partial charge in [-0.25, -0.2) is 0 Å². The molecule has 2 aromatic rings. The van der Waals surface area contributed by atoms with Crippen molar-refractivity contribution in [1.29, 1.82) is 0 Å². The van der Waals surface area contributed by atoms with E-state index in [1.807, 2.05) is 18.2 Å². The van der Waals surface area contributed by atoms with E-state index in [0.717, 1.165) is 11.3 Å². The van der Waals surface area contributed by atoms with E-state index in [2.05, 4.69) is 26.1 Å². The molecule has 0 aliphatic carbocycles. The number of ether oxygens (including phenoxy) is 2. The lowest BCUT2D eigenvalue weighted by atomic mass is 9.86. The summed E-state index contributed by atoms with van der Waals surface area (Å²) in [5, 5.41) is 2.76. The predicted octanol–water partition coefficient (Wildman–Crippen LogP) is 4.21. The average molecular weight is 355 g/mol. The van der Waals surface area contributed by atoms with E-state index in [1.165, 1.54) is 6.92 Å². The first kappa shape index (κ1) is 19.5. The Morgan fingerprint density at radius 2 is 1.69 bits per heavy atom. The number of carbonyl (C=O) groups excluding carboxylic acids is 2. The van der Waals surface area contributed by atoms with Crippen LogP contribution in [0.25, 0.3) is 0 Å². The zero-order valence-electron chi connectivity index (χ0n) is 15.9. The van der Waals surface area contributed by atoms with Crippen molar-refractivity contribution in [1.82, 2.24) is 0 Å². The van der Waals surface area contributed by atoms with E-state index in [4.69, 9.17) is 9.47 Å². The maximum atomic E-state index is 12.2. The molecule has 26 heavy (non-hydrogen) atoms. The number of carbonyl (C=O) groups is 2. The molecule has 1 N–H and O–H groups in total. The number of rotatable bonds is 6. The Kier molecular flexibility index (Phi) is 6.03. The third-order valence-electron chi connectivity index (χ3n) is 3.93. The minimum atomic E-state index is -0.267. The third kappa shape index (κ3) is 5.09. The Morgan fingerprint density at radius 1 is 1.04 bits per heavy atom. The molecule has 0 bridgehead atoms. The van der Waals surface area contributed by atoms with Gasteiger partial charge in [0.1, 0.15) is 11.5 Å². The smallest absolute Gasteiger partial charge is 0.262 e. The van der Waals surface area contributed by atoms with Gasteiger partial charge in [-0.3, -0.25) is 9.59 Å². The molecule has 138 valence electrons. The second kappa shape index (κ2) is 8.04. The number of hydrogen-bond acceptors (Lipinski definition) is 4. The quantitative estimate of drug-likeness (QED) is 0.788. The molecule has 0 heterocycles. The van der Waals surface area contributed by atoms with Gasteiger partial charge in [0.05, 0.1) is 7.11 Å². The molecule has 2 aromatic carbocycles. The van der Waals surface area contributed by atoms with Crippen LogP contribution in [0.1, 0.15) is 43.6 Å². The van der Waals surface area contributed by atoms with Gasteiger partial charge < -0.3 is 14.8 Å². The maximum Gasteiger partial charge on any atom is 0.262 e. The molecule has 0 aliphatic rings. The minimum Gasteiger partial charge on any atom is -0.497 e. The summed E-state index contributed by atoms with van der Waals surface area (Å²) in [5.74, 6) is 1.12. The molecule has 0 atom stereocenters. The normalized spacial score (nSPS) is 11.0. The van der Waals surface area contributed by atoms with Crippen LogP contribution in [-0.2, 0) is 10.2 Å². The fraction of sp³-hybridized carbons (Fsp3) is 0.333. The van der Waals surface area contributed by atoms with Crippen LogP contribution in [0, 0.1) is 0 Å². The Balaban J connectivity index is 2.04. The second-order valence-corrected chi connectivity index (χ2v) is 7.08. The van der Waals surface area contributed by atoms with Gasteiger partial charge in [-0.05, 0) is 54.8 Å². The van der Waals surface area contributed by atoms with Gasteiger partial charge in [0.15, 0.2) is 12.4 Å². The number of methoxy groups -OCH3 is 1. The standard InChI is InChI=1S/C21H25NO4/c1-14(23)15-6-8-16(9-7-15)22-20(24)13-26-19-11-10-17(25-5)12-18(19)21(2,3)4/h6-12H,13H2,1-5H3,(H,22,24). The molecule has 0 fully saturated rings. The average Bonchev–Trinajstić information content (AvgIpc) is 2.59.